The predicted octanol–water partition coefficient (Wildman–Crippen LogP) is 3.79. The molecule has 3 aliphatic carbocycles. The van der Waals surface area contributed by atoms with Crippen LogP contribution in [0, 0.1) is 29.6 Å². The quantitative estimate of drug-likeness (QED) is 0.895. The molecule has 1 aromatic rings. The van der Waals surface area contributed by atoms with Gasteiger partial charge in [0.1, 0.15) is 11.5 Å². The summed E-state index contributed by atoms with van der Waals surface area (Å²) in [5.74, 6) is 5.14. The summed E-state index contributed by atoms with van der Waals surface area (Å²) in [5.41, 5.74) is 0.872. The molecular formula is C17H21BrO3. The highest BCUT2D eigenvalue weighted by atomic mass is 79.9. The lowest BCUT2D eigenvalue weighted by molar-refractivity contribution is 0.126. The van der Waals surface area contributed by atoms with Crippen LogP contribution >= 0.6 is 15.9 Å². The van der Waals surface area contributed by atoms with Crippen LogP contribution in [0.2, 0.25) is 0 Å². The van der Waals surface area contributed by atoms with Crippen LogP contribution in [0.25, 0.3) is 0 Å². The average Bonchev–Trinajstić information content (AvgIpc) is 2.93. The van der Waals surface area contributed by atoms with E-state index in [9.17, 15) is 5.11 Å². The molecule has 0 spiro atoms. The van der Waals surface area contributed by atoms with Crippen LogP contribution in [0.5, 0.6) is 11.5 Å². The number of rotatable bonds is 4. The molecule has 3 aliphatic rings. The van der Waals surface area contributed by atoms with E-state index in [0.29, 0.717) is 5.92 Å². The summed E-state index contributed by atoms with van der Waals surface area (Å²) in [5, 5.41) is 10.9. The van der Waals surface area contributed by atoms with Crippen LogP contribution in [0.15, 0.2) is 16.6 Å². The van der Waals surface area contributed by atoms with E-state index in [0.717, 1.165) is 45.2 Å². The fraction of sp³-hybridized carbons (Fsp3) is 0.647. The van der Waals surface area contributed by atoms with E-state index < -0.39 is 6.10 Å². The summed E-state index contributed by atoms with van der Waals surface area (Å²) in [6.45, 7) is 0. The zero-order chi connectivity index (χ0) is 14.7. The van der Waals surface area contributed by atoms with Crippen molar-refractivity contribution in [2.75, 3.05) is 14.2 Å². The van der Waals surface area contributed by atoms with E-state index >= 15 is 0 Å². The van der Waals surface area contributed by atoms with Gasteiger partial charge in [0.05, 0.1) is 24.8 Å². The zero-order valence-corrected chi connectivity index (χ0v) is 14.0. The SMILES string of the molecule is COc1cc(C(O)C2C3C4CCC(C4)C32)c(OC)cc1Br. The predicted molar refractivity (Wildman–Crippen MR) is 83.5 cm³/mol. The molecule has 21 heavy (non-hydrogen) atoms. The van der Waals surface area contributed by atoms with E-state index in [-0.39, 0.29) is 0 Å². The van der Waals surface area contributed by atoms with Gasteiger partial charge in [-0.3, -0.25) is 0 Å². The Balaban J connectivity index is 1.64. The van der Waals surface area contributed by atoms with E-state index in [1.165, 1.54) is 19.3 Å². The highest BCUT2D eigenvalue weighted by Crippen LogP contribution is 2.72. The number of fused-ring (bicyclic) bond motifs is 5. The molecule has 0 radical (unpaired) electrons. The average molecular weight is 353 g/mol. The van der Waals surface area contributed by atoms with E-state index in [1.807, 2.05) is 12.1 Å². The normalized spacial score (nSPS) is 37.2. The largest absolute Gasteiger partial charge is 0.496 e. The Morgan fingerprint density at radius 3 is 2.29 bits per heavy atom. The molecule has 1 aromatic carbocycles. The van der Waals surface area contributed by atoms with Gasteiger partial charge in [-0.1, -0.05) is 0 Å². The summed E-state index contributed by atoms with van der Waals surface area (Å²) in [4.78, 5) is 0. The van der Waals surface area contributed by atoms with E-state index in [1.54, 1.807) is 14.2 Å². The fourth-order valence-corrected chi connectivity index (χ4v) is 5.62. The van der Waals surface area contributed by atoms with Gasteiger partial charge >= 0.3 is 0 Å². The molecule has 0 aliphatic heterocycles. The molecule has 3 fully saturated rings. The molecule has 0 heterocycles. The smallest absolute Gasteiger partial charge is 0.133 e. The lowest BCUT2D eigenvalue weighted by Gasteiger charge is -2.19. The lowest BCUT2D eigenvalue weighted by atomic mass is 9.94. The molecule has 0 aromatic heterocycles. The first-order chi connectivity index (χ1) is 10.2. The van der Waals surface area contributed by atoms with Crippen LogP contribution in [-0.2, 0) is 0 Å². The van der Waals surface area contributed by atoms with Crippen LogP contribution in [0.3, 0.4) is 0 Å². The number of aliphatic hydroxyl groups excluding tert-OH is 1. The van der Waals surface area contributed by atoms with Gasteiger partial charge in [0.15, 0.2) is 0 Å². The first kappa shape index (κ1) is 13.9. The third-order valence-electron chi connectivity index (χ3n) is 5.98. The minimum atomic E-state index is -0.430. The number of hydrogen-bond donors (Lipinski definition) is 1. The minimum Gasteiger partial charge on any atom is -0.496 e. The van der Waals surface area contributed by atoms with Crippen molar-refractivity contribution in [3.05, 3.63) is 22.2 Å². The molecule has 114 valence electrons. The fourth-order valence-electron chi connectivity index (χ4n) is 5.14. The molecule has 4 heteroatoms. The number of methoxy groups -OCH3 is 2. The van der Waals surface area contributed by atoms with Crippen molar-refractivity contribution in [2.45, 2.75) is 25.4 Å². The van der Waals surface area contributed by atoms with Gasteiger partial charge in [-0.2, -0.15) is 0 Å². The standard InChI is InChI=1S/C17H21BrO3/c1-20-12-7-11(18)13(21-2)6-10(12)17(19)16-14-8-3-4-9(5-8)15(14)16/h6-9,14-17,19H,3-5H2,1-2H3. The van der Waals surface area contributed by atoms with Crippen molar-refractivity contribution in [3.8, 4) is 11.5 Å². The molecule has 4 rings (SSSR count). The highest BCUT2D eigenvalue weighted by molar-refractivity contribution is 9.10. The number of halogens is 1. The summed E-state index contributed by atoms with van der Waals surface area (Å²) >= 11 is 3.48. The van der Waals surface area contributed by atoms with Crippen LogP contribution in [0.1, 0.15) is 30.9 Å². The Morgan fingerprint density at radius 1 is 1.10 bits per heavy atom. The van der Waals surface area contributed by atoms with Gasteiger partial charge in [0.2, 0.25) is 0 Å². The first-order valence-electron chi connectivity index (χ1n) is 7.75. The van der Waals surface area contributed by atoms with Crippen molar-refractivity contribution >= 4 is 15.9 Å². The summed E-state index contributed by atoms with van der Waals surface area (Å²) in [7, 11) is 3.30. The number of hydrogen-bond acceptors (Lipinski definition) is 3. The third kappa shape index (κ3) is 1.95. The third-order valence-corrected chi connectivity index (χ3v) is 6.60. The monoisotopic (exact) mass is 352 g/mol. The maximum absolute atomic E-state index is 10.9. The summed E-state index contributed by atoms with van der Waals surface area (Å²) in [6.07, 6.45) is 3.71. The molecule has 0 amide bonds. The van der Waals surface area contributed by atoms with Crippen molar-refractivity contribution in [3.63, 3.8) is 0 Å². The van der Waals surface area contributed by atoms with Gasteiger partial charge in [0.25, 0.3) is 0 Å². The highest BCUT2D eigenvalue weighted by Gasteiger charge is 2.67. The lowest BCUT2D eigenvalue weighted by Crippen LogP contribution is -2.10. The second-order valence-electron chi connectivity index (χ2n) is 6.74. The number of aliphatic hydroxyl groups is 1. The van der Waals surface area contributed by atoms with Crippen molar-refractivity contribution in [2.24, 2.45) is 29.6 Å². The van der Waals surface area contributed by atoms with E-state index in [4.69, 9.17) is 9.47 Å². The first-order valence-corrected chi connectivity index (χ1v) is 8.54. The zero-order valence-electron chi connectivity index (χ0n) is 12.4. The summed E-state index contributed by atoms with van der Waals surface area (Å²) in [6, 6.07) is 3.81. The van der Waals surface area contributed by atoms with Gasteiger partial charge in [0, 0.05) is 5.56 Å². The second kappa shape index (κ2) is 4.88. The topological polar surface area (TPSA) is 38.7 Å². The van der Waals surface area contributed by atoms with Crippen LogP contribution in [-0.4, -0.2) is 19.3 Å². The molecule has 0 saturated heterocycles. The molecule has 1 N–H and O–H groups in total. The minimum absolute atomic E-state index is 0.427. The molecule has 5 atom stereocenters. The molecule has 3 saturated carbocycles. The van der Waals surface area contributed by atoms with Gasteiger partial charge in [-0.15, -0.1) is 0 Å². The Hall–Kier alpha value is -0.740. The van der Waals surface area contributed by atoms with Crippen molar-refractivity contribution < 1.29 is 14.6 Å². The Labute approximate surface area is 133 Å². The van der Waals surface area contributed by atoms with Gasteiger partial charge in [-0.25, -0.2) is 0 Å². The maximum atomic E-state index is 10.9. The molecule has 3 nitrogen and oxygen atoms in total. The van der Waals surface area contributed by atoms with Crippen molar-refractivity contribution in [1.29, 1.82) is 0 Å². The second-order valence-corrected chi connectivity index (χ2v) is 7.59. The Morgan fingerprint density at radius 2 is 1.71 bits per heavy atom. The van der Waals surface area contributed by atoms with Crippen LogP contribution in [0.4, 0.5) is 0 Å². The Bertz CT molecular complexity index is 557. The number of benzene rings is 1. The van der Waals surface area contributed by atoms with Gasteiger partial charge < -0.3 is 14.6 Å². The molecular weight excluding hydrogens is 332 g/mol. The van der Waals surface area contributed by atoms with E-state index in [2.05, 4.69) is 15.9 Å². The number of ether oxygens (including phenoxy) is 2. The van der Waals surface area contributed by atoms with Crippen molar-refractivity contribution in [1.82, 2.24) is 0 Å². The van der Waals surface area contributed by atoms with Crippen LogP contribution < -0.4 is 9.47 Å². The summed E-state index contributed by atoms with van der Waals surface area (Å²) < 4.78 is 11.7. The Kier molecular flexibility index (Phi) is 3.23. The maximum Gasteiger partial charge on any atom is 0.133 e. The van der Waals surface area contributed by atoms with Gasteiger partial charge in [-0.05, 0) is 76.9 Å². The molecule has 2 bridgehead atoms. The molecule has 5 unspecified atom stereocenters.